The van der Waals surface area contributed by atoms with Crippen molar-refractivity contribution in [1.82, 2.24) is 0 Å². The van der Waals surface area contributed by atoms with Gasteiger partial charge in [-0.2, -0.15) is 8.42 Å². The van der Waals surface area contributed by atoms with Crippen LogP contribution in [-0.4, -0.2) is 8.42 Å². The summed E-state index contributed by atoms with van der Waals surface area (Å²) in [6.07, 6.45) is 0. The number of anilines is 1. The predicted octanol–water partition coefficient (Wildman–Crippen LogP) is 2.78. The fraction of sp³-hybridized carbons (Fsp3) is 0. The smallest absolute Gasteiger partial charge is 0.263 e. The van der Waals surface area contributed by atoms with E-state index in [1.165, 1.54) is 0 Å². The molecule has 2 rings (SSSR count). The van der Waals surface area contributed by atoms with Gasteiger partial charge in [-0.3, -0.25) is 4.72 Å². The molecule has 2 aromatic rings. The maximum absolute atomic E-state index is 11.0. The van der Waals surface area contributed by atoms with Gasteiger partial charge in [0.05, 0.1) is 10.3 Å². The van der Waals surface area contributed by atoms with Crippen LogP contribution in [0.2, 0.25) is 0 Å². The Labute approximate surface area is 105 Å². The number of hydrogen-bond acceptors (Lipinski definition) is 3. The summed E-state index contributed by atoms with van der Waals surface area (Å²) in [5, 5.41) is 0. The van der Waals surface area contributed by atoms with Gasteiger partial charge in [0.1, 0.15) is 0 Å². The van der Waals surface area contributed by atoms with Crippen LogP contribution in [0.4, 0.5) is 5.69 Å². The van der Waals surface area contributed by atoms with E-state index in [2.05, 4.69) is 4.72 Å². The first kappa shape index (κ1) is 12.3. The molecule has 0 aliphatic carbocycles. The molecule has 0 fully saturated rings. The Morgan fingerprint density at radius 3 is 2.22 bits per heavy atom. The molecule has 0 saturated carbocycles. The van der Waals surface area contributed by atoms with Crippen LogP contribution in [0.5, 0.6) is 0 Å². The summed E-state index contributed by atoms with van der Waals surface area (Å²) >= 11 is 0. The van der Waals surface area contributed by atoms with E-state index in [1.54, 1.807) is 18.2 Å². The Bertz CT molecular complexity index is 654. The molecule has 6 heteroatoms. The predicted molar refractivity (Wildman–Crippen MR) is 70.2 cm³/mol. The zero-order valence-corrected chi connectivity index (χ0v) is 10.1. The fourth-order valence-corrected chi connectivity index (χ4v) is 2.02. The molecule has 0 radical (unpaired) electrons. The standard InChI is InChI=1S/C12H10N2O3S/c15-14-18(16,17)13-12-8-4-7-11(9-12)10-5-2-1-3-6-10/h1-9,13H. The Hall–Kier alpha value is -2.21. The molecule has 0 spiro atoms. The number of rotatable bonds is 4. The third kappa shape index (κ3) is 2.92. The lowest BCUT2D eigenvalue weighted by atomic mass is 10.1. The lowest BCUT2D eigenvalue weighted by Gasteiger charge is -2.05. The average molecular weight is 262 g/mol. The molecule has 0 aromatic heterocycles. The van der Waals surface area contributed by atoms with Gasteiger partial charge in [-0.1, -0.05) is 42.5 Å². The van der Waals surface area contributed by atoms with E-state index < -0.39 is 10.2 Å². The molecular formula is C12H10N2O3S. The van der Waals surface area contributed by atoms with Gasteiger partial charge < -0.3 is 0 Å². The zero-order valence-electron chi connectivity index (χ0n) is 9.28. The number of nitrogens with zero attached hydrogens (tertiary/aromatic N) is 1. The summed E-state index contributed by atoms with van der Waals surface area (Å²) < 4.78 is 26.2. The van der Waals surface area contributed by atoms with Gasteiger partial charge >= 0.3 is 10.2 Å². The first-order valence-corrected chi connectivity index (χ1v) is 6.57. The summed E-state index contributed by atoms with van der Waals surface area (Å²) in [6.45, 7) is 0. The summed E-state index contributed by atoms with van der Waals surface area (Å²) in [4.78, 5) is 10.1. The molecule has 18 heavy (non-hydrogen) atoms. The van der Waals surface area contributed by atoms with Crippen molar-refractivity contribution in [2.45, 2.75) is 0 Å². The first-order valence-electron chi connectivity index (χ1n) is 5.13. The van der Waals surface area contributed by atoms with Crippen LogP contribution >= 0.6 is 0 Å². The lowest BCUT2D eigenvalue weighted by Crippen LogP contribution is -2.08. The maximum atomic E-state index is 11.0. The minimum Gasteiger partial charge on any atom is -0.263 e. The molecule has 0 saturated heterocycles. The topological polar surface area (TPSA) is 75.6 Å². The molecule has 0 aliphatic rings. The second kappa shape index (κ2) is 4.97. The van der Waals surface area contributed by atoms with Crippen LogP contribution in [0.15, 0.2) is 59.2 Å². The second-order valence-corrected chi connectivity index (χ2v) is 4.90. The summed E-state index contributed by atoms with van der Waals surface area (Å²) in [6, 6.07) is 16.2. The van der Waals surface area contributed by atoms with Crippen LogP contribution in [0, 0.1) is 4.91 Å². The van der Waals surface area contributed by atoms with Crippen LogP contribution in [0.1, 0.15) is 0 Å². The molecular weight excluding hydrogens is 252 g/mol. The van der Waals surface area contributed by atoms with Gasteiger partial charge in [0.25, 0.3) is 0 Å². The van der Waals surface area contributed by atoms with Gasteiger partial charge in [0, 0.05) is 0 Å². The minimum absolute atomic E-state index is 0.302. The van der Waals surface area contributed by atoms with Crippen molar-refractivity contribution in [2.75, 3.05) is 4.72 Å². The highest BCUT2D eigenvalue weighted by Crippen LogP contribution is 2.22. The molecule has 0 aliphatic heterocycles. The van der Waals surface area contributed by atoms with Gasteiger partial charge in [0.2, 0.25) is 0 Å². The summed E-state index contributed by atoms with van der Waals surface area (Å²) in [5.74, 6) is 0. The van der Waals surface area contributed by atoms with E-state index >= 15 is 0 Å². The molecule has 5 nitrogen and oxygen atoms in total. The molecule has 1 N–H and O–H groups in total. The lowest BCUT2D eigenvalue weighted by molar-refractivity contribution is 0.602. The van der Waals surface area contributed by atoms with Crippen molar-refractivity contribution >= 4 is 15.9 Å². The SMILES string of the molecule is O=NS(=O)(=O)Nc1cccc(-c2ccccc2)c1. The largest absolute Gasteiger partial charge is 0.376 e. The van der Waals surface area contributed by atoms with Gasteiger partial charge in [0.15, 0.2) is 0 Å². The van der Waals surface area contributed by atoms with E-state index in [9.17, 15) is 13.3 Å². The van der Waals surface area contributed by atoms with Gasteiger partial charge in [-0.05, 0) is 23.3 Å². The summed E-state index contributed by atoms with van der Waals surface area (Å²) in [5.41, 5.74) is 2.11. The molecule has 2 aromatic carbocycles. The minimum atomic E-state index is -4.15. The van der Waals surface area contributed by atoms with Crippen molar-refractivity contribution in [1.29, 1.82) is 0 Å². The van der Waals surface area contributed by atoms with Crippen molar-refractivity contribution in [3.8, 4) is 11.1 Å². The highest BCUT2D eigenvalue weighted by molar-refractivity contribution is 7.91. The van der Waals surface area contributed by atoms with E-state index in [0.717, 1.165) is 11.1 Å². The van der Waals surface area contributed by atoms with E-state index in [0.29, 0.717) is 5.69 Å². The highest BCUT2D eigenvalue weighted by atomic mass is 32.2. The third-order valence-electron chi connectivity index (χ3n) is 2.31. The second-order valence-electron chi connectivity index (χ2n) is 3.60. The van der Waals surface area contributed by atoms with Crippen molar-refractivity contribution in [3.05, 3.63) is 59.5 Å². The van der Waals surface area contributed by atoms with Crippen molar-refractivity contribution < 1.29 is 8.42 Å². The van der Waals surface area contributed by atoms with Crippen LogP contribution in [0.25, 0.3) is 11.1 Å². The first-order chi connectivity index (χ1) is 8.61. The zero-order chi connectivity index (χ0) is 13.0. The van der Waals surface area contributed by atoms with E-state index in [1.807, 2.05) is 41.0 Å². The number of hydrogen-bond donors (Lipinski definition) is 1. The highest BCUT2D eigenvalue weighted by Gasteiger charge is 2.09. The van der Waals surface area contributed by atoms with Crippen LogP contribution < -0.4 is 4.72 Å². The third-order valence-corrected chi connectivity index (χ3v) is 3.00. The number of benzene rings is 2. The molecule has 0 amide bonds. The molecule has 0 unspecified atom stereocenters. The Balaban J connectivity index is 2.35. The Kier molecular flexibility index (Phi) is 3.38. The molecule has 0 atom stereocenters. The molecule has 0 bridgehead atoms. The Morgan fingerprint density at radius 1 is 0.889 bits per heavy atom. The number of nitrogens with one attached hydrogen (secondary N) is 1. The molecule has 92 valence electrons. The fourth-order valence-electron chi connectivity index (χ4n) is 1.56. The summed E-state index contributed by atoms with van der Waals surface area (Å²) in [7, 11) is -4.15. The molecule has 0 heterocycles. The van der Waals surface area contributed by atoms with Crippen LogP contribution in [0.3, 0.4) is 0 Å². The van der Waals surface area contributed by atoms with E-state index in [4.69, 9.17) is 0 Å². The quantitative estimate of drug-likeness (QED) is 0.861. The van der Waals surface area contributed by atoms with Gasteiger partial charge in [-0.25, -0.2) is 0 Å². The van der Waals surface area contributed by atoms with Crippen molar-refractivity contribution in [3.63, 3.8) is 0 Å². The van der Waals surface area contributed by atoms with E-state index in [-0.39, 0.29) is 0 Å². The Morgan fingerprint density at radius 2 is 1.56 bits per heavy atom. The normalized spacial score (nSPS) is 10.9. The number of nitroso groups, excluding NO2 is 1. The van der Waals surface area contributed by atoms with Crippen molar-refractivity contribution in [2.24, 2.45) is 4.58 Å². The average Bonchev–Trinajstić information content (AvgIpc) is 2.40. The van der Waals surface area contributed by atoms with Gasteiger partial charge in [-0.15, -0.1) is 4.91 Å². The monoisotopic (exact) mass is 262 g/mol. The van der Waals surface area contributed by atoms with Crippen LogP contribution in [-0.2, 0) is 10.2 Å². The maximum Gasteiger partial charge on any atom is 0.376 e.